The van der Waals surface area contributed by atoms with Crippen LogP contribution in [0.2, 0.25) is 0 Å². The number of aromatic nitrogens is 3. The molecule has 7 heteroatoms. The van der Waals surface area contributed by atoms with Crippen molar-refractivity contribution in [3.05, 3.63) is 24.3 Å². The molecular weight excluding hydrogens is 264 g/mol. The Hall–Kier alpha value is -1.89. The van der Waals surface area contributed by atoms with Crippen LogP contribution in [0.3, 0.4) is 0 Å². The fourth-order valence-electron chi connectivity index (χ4n) is 1.74. The summed E-state index contributed by atoms with van der Waals surface area (Å²) in [7, 11) is 2.42. The molecule has 0 atom stereocenters. The number of anilines is 1. The van der Waals surface area contributed by atoms with Crippen LogP contribution in [0, 0.1) is 0 Å². The second kappa shape index (κ2) is 4.65. The number of aryl methyl sites for hydroxylation is 1. The Labute approximate surface area is 112 Å². The summed E-state index contributed by atoms with van der Waals surface area (Å²) in [6.45, 7) is 0. The highest BCUT2D eigenvalue weighted by Crippen LogP contribution is 2.20. The molecule has 0 saturated carbocycles. The van der Waals surface area contributed by atoms with E-state index in [9.17, 15) is 8.42 Å². The van der Waals surface area contributed by atoms with Gasteiger partial charge in [-0.15, -0.1) is 5.10 Å². The van der Waals surface area contributed by atoms with Gasteiger partial charge in [-0.3, -0.25) is 0 Å². The van der Waals surface area contributed by atoms with Crippen molar-refractivity contribution in [2.24, 2.45) is 7.05 Å². The summed E-state index contributed by atoms with van der Waals surface area (Å²) in [5.41, 5.74) is 0.788. The number of benzene rings is 1. The molecule has 102 valence electrons. The van der Waals surface area contributed by atoms with Crippen LogP contribution < -0.4 is 4.90 Å². The normalized spacial score (nSPS) is 11.6. The van der Waals surface area contributed by atoms with Gasteiger partial charge >= 0.3 is 0 Å². The minimum absolute atomic E-state index is 0.292. The third kappa shape index (κ3) is 2.76. The monoisotopic (exact) mass is 280 g/mol. The van der Waals surface area contributed by atoms with Crippen LogP contribution in [-0.4, -0.2) is 43.5 Å². The number of hydrogen-bond donors (Lipinski definition) is 0. The molecule has 1 heterocycles. The average molecular weight is 280 g/mol. The zero-order valence-electron chi connectivity index (χ0n) is 11.3. The first kappa shape index (κ1) is 13.5. The molecule has 19 heavy (non-hydrogen) atoms. The first-order chi connectivity index (χ1) is 8.79. The minimum Gasteiger partial charge on any atom is -0.347 e. The van der Waals surface area contributed by atoms with Crippen molar-refractivity contribution < 1.29 is 8.42 Å². The Kier molecular flexibility index (Phi) is 3.32. The molecular formula is C12H16N4O2S. The van der Waals surface area contributed by atoms with Crippen molar-refractivity contribution in [1.82, 2.24) is 14.8 Å². The van der Waals surface area contributed by atoms with Crippen molar-refractivity contribution in [2.45, 2.75) is 4.90 Å². The van der Waals surface area contributed by atoms with E-state index in [2.05, 4.69) is 10.1 Å². The van der Waals surface area contributed by atoms with Gasteiger partial charge in [-0.2, -0.15) is 4.98 Å². The van der Waals surface area contributed by atoms with Gasteiger partial charge < -0.3 is 4.90 Å². The lowest BCUT2D eigenvalue weighted by atomic mass is 10.2. The molecule has 0 aliphatic carbocycles. The van der Waals surface area contributed by atoms with Crippen LogP contribution in [0.25, 0.3) is 11.4 Å². The van der Waals surface area contributed by atoms with Gasteiger partial charge in [0.25, 0.3) is 0 Å². The Morgan fingerprint density at radius 2 is 1.74 bits per heavy atom. The van der Waals surface area contributed by atoms with Crippen molar-refractivity contribution in [3.8, 4) is 11.4 Å². The molecule has 0 unspecified atom stereocenters. The fraction of sp³-hybridized carbons (Fsp3) is 0.333. The molecule has 0 N–H and O–H groups in total. The second-order valence-corrected chi connectivity index (χ2v) is 6.57. The standard InChI is InChI=1S/C12H16N4O2S/c1-15(2)12-13-11(14-16(12)3)9-5-7-10(8-6-9)19(4,17)18/h5-8H,1-4H3. The molecule has 0 spiro atoms. The number of hydrogen-bond acceptors (Lipinski definition) is 5. The topological polar surface area (TPSA) is 68.1 Å². The van der Waals surface area contributed by atoms with E-state index >= 15 is 0 Å². The SMILES string of the molecule is CN(C)c1nc(-c2ccc(S(C)(=O)=O)cc2)nn1C. The first-order valence-electron chi connectivity index (χ1n) is 5.68. The van der Waals surface area contributed by atoms with Crippen molar-refractivity contribution in [3.63, 3.8) is 0 Å². The van der Waals surface area contributed by atoms with Crippen LogP contribution in [0.15, 0.2) is 29.2 Å². The smallest absolute Gasteiger partial charge is 0.223 e. The van der Waals surface area contributed by atoms with Gasteiger partial charge in [0.2, 0.25) is 5.95 Å². The minimum atomic E-state index is -3.17. The summed E-state index contributed by atoms with van der Waals surface area (Å²) in [6, 6.07) is 6.56. The lowest BCUT2D eigenvalue weighted by molar-refractivity contribution is 0.602. The van der Waals surface area contributed by atoms with Crippen LogP contribution in [0.1, 0.15) is 0 Å². The predicted octanol–water partition coefficient (Wildman–Crippen LogP) is 0.952. The Balaban J connectivity index is 2.40. The highest BCUT2D eigenvalue weighted by molar-refractivity contribution is 7.90. The summed E-state index contributed by atoms with van der Waals surface area (Å²) in [5, 5.41) is 4.31. The van der Waals surface area contributed by atoms with Gasteiger partial charge in [-0.25, -0.2) is 13.1 Å². The lowest BCUT2D eigenvalue weighted by Crippen LogP contribution is -2.14. The largest absolute Gasteiger partial charge is 0.347 e. The highest BCUT2D eigenvalue weighted by atomic mass is 32.2. The summed E-state index contributed by atoms with van der Waals surface area (Å²) in [4.78, 5) is 6.55. The van der Waals surface area contributed by atoms with Gasteiger partial charge in [0, 0.05) is 33.0 Å². The maximum Gasteiger partial charge on any atom is 0.223 e. The maximum atomic E-state index is 11.4. The van der Waals surface area contributed by atoms with Gasteiger partial charge in [0.05, 0.1) is 4.90 Å². The van der Waals surface area contributed by atoms with E-state index < -0.39 is 9.84 Å². The molecule has 0 aliphatic rings. The lowest BCUT2D eigenvalue weighted by Gasteiger charge is -2.08. The third-order valence-corrected chi connectivity index (χ3v) is 3.81. The maximum absolute atomic E-state index is 11.4. The highest BCUT2D eigenvalue weighted by Gasteiger charge is 2.12. The molecule has 6 nitrogen and oxygen atoms in total. The first-order valence-corrected chi connectivity index (χ1v) is 7.57. The van der Waals surface area contributed by atoms with Gasteiger partial charge in [-0.1, -0.05) is 0 Å². The van der Waals surface area contributed by atoms with E-state index in [1.54, 1.807) is 28.9 Å². The van der Waals surface area contributed by atoms with E-state index in [1.165, 1.54) is 6.26 Å². The van der Waals surface area contributed by atoms with Crippen LogP contribution >= 0.6 is 0 Å². The second-order valence-electron chi connectivity index (χ2n) is 4.55. The number of rotatable bonds is 3. The van der Waals surface area contributed by atoms with Crippen molar-refractivity contribution >= 4 is 15.8 Å². The molecule has 1 aromatic heterocycles. The quantitative estimate of drug-likeness (QED) is 0.837. The molecule has 0 fully saturated rings. The zero-order chi connectivity index (χ0) is 14.2. The van der Waals surface area contributed by atoms with Crippen LogP contribution in [0.5, 0.6) is 0 Å². The molecule has 2 aromatic rings. The predicted molar refractivity (Wildman–Crippen MR) is 73.9 cm³/mol. The third-order valence-electron chi connectivity index (χ3n) is 2.68. The summed E-state index contributed by atoms with van der Waals surface area (Å²) >= 11 is 0. The molecule has 1 aromatic carbocycles. The van der Waals surface area contributed by atoms with Gasteiger partial charge in [0.15, 0.2) is 15.7 Å². The number of sulfone groups is 1. The van der Waals surface area contributed by atoms with E-state index in [1.807, 2.05) is 26.0 Å². The van der Waals surface area contributed by atoms with Gasteiger partial charge in [0.1, 0.15) is 0 Å². The zero-order valence-corrected chi connectivity index (χ0v) is 12.1. The van der Waals surface area contributed by atoms with E-state index in [-0.39, 0.29) is 0 Å². The summed E-state index contributed by atoms with van der Waals surface area (Å²) < 4.78 is 24.5. The number of nitrogens with zero attached hydrogens (tertiary/aromatic N) is 4. The summed E-state index contributed by atoms with van der Waals surface area (Å²) in [5.74, 6) is 1.31. The summed E-state index contributed by atoms with van der Waals surface area (Å²) in [6.07, 6.45) is 1.19. The molecule has 0 amide bonds. The van der Waals surface area contributed by atoms with Crippen molar-refractivity contribution in [2.75, 3.05) is 25.3 Å². The Morgan fingerprint density at radius 3 is 2.16 bits per heavy atom. The Bertz CT molecular complexity index is 687. The van der Waals surface area contributed by atoms with E-state index in [0.29, 0.717) is 10.7 Å². The van der Waals surface area contributed by atoms with Crippen LogP contribution in [0.4, 0.5) is 5.95 Å². The molecule has 0 bridgehead atoms. The van der Waals surface area contributed by atoms with Gasteiger partial charge in [-0.05, 0) is 24.3 Å². The van der Waals surface area contributed by atoms with E-state index in [0.717, 1.165) is 11.5 Å². The molecule has 0 saturated heterocycles. The molecule has 2 rings (SSSR count). The molecule has 0 radical (unpaired) electrons. The van der Waals surface area contributed by atoms with E-state index in [4.69, 9.17) is 0 Å². The van der Waals surface area contributed by atoms with Crippen molar-refractivity contribution in [1.29, 1.82) is 0 Å². The van der Waals surface area contributed by atoms with Crippen LogP contribution in [-0.2, 0) is 16.9 Å². The fourth-order valence-corrected chi connectivity index (χ4v) is 2.37. The average Bonchev–Trinajstić information content (AvgIpc) is 2.70. The Morgan fingerprint density at radius 1 is 1.16 bits per heavy atom. The molecule has 0 aliphatic heterocycles.